The SMILES string of the molecule is CC1(C)OB(c2ccc(C(=O)Nc3nccc(C(F)(F)F)c3F)cc2)OC1(C)C. The van der Waals surface area contributed by atoms with E-state index in [0.717, 1.165) is 6.20 Å². The highest BCUT2D eigenvalue weighted by Gasteiger charge is 2.51. The van der Waals surface area contributed by atoms with Gasteiger partial charge in [-0.3, -0.25) is 4.79 Å². The van der Waals surface area contributed by atoms with Gasteiger partial charge in [0.1, 0.15) is 0 Å². The molecule has 1 amide bonds. The maximum absolute atomic E-state index is 14.0. The summed E-state index contributed by atoms with van der Waals surface area (Å²) in [5.74, 6) is -3.22. The number of hydrogen-bond donors (Lipinski definition) is 1. The predicted molar refractivity (Wildman–Crippen MR) is 99.3 cm³/mol. The molecule has 2 heterocycles. The first-order valence-electron chi connectivity index (χ1n) is 8.80. The van der Waals surface area contributed by atoms with Gasteiger partial charge >= 0.3 is 13.3 Å². The third-order valence-electron chi connectivity index (χ3n) is 5.12. The fraction of sp³-hybridized carbons (Fsp3) is 0.368. The molecule has 0 saturated carbocycles. The third-order valence-corrected chi connectivity index (χ3v) is 5.12. The number of pyridine rings is 1. The molecule has 5 nitrogen and oxygen atoms in total. The van der Waals surface area contributed by atoms with Crippen LogP contribution >= 0.6 is 0 Å². The molecule has 1 aliphatic heterocycles. The lowest BCUT2D eigenvalue weighted by molar-refractivity contribution is -0.140. The highest BCUT2D eigenvalue weighted by Crippen LogP contribution is 2.36. The minimum atomic E-state index is -4.89. The zero-order valence-electron chi connectivity index (χ0n) is 16.2. The van der Waals surface area contributed by atoms with E-state index in [1.165, 1.54) is 12.1 Å². The number of aromatic nitrogens is 1. The Hall–Kier alpha value is -2.46. The van der Waals surface area contributed by atoms with Crippen molar-refractivity contribution in [1.82, 2.24) is 4.98 Å². The average Bonchev–Trinajstić information content (AvgIpc) is 2.83. The van der Waals surface area contributed by atoms with Gasteiger partial charge < -0.3 is 14.6 Å². The van der Waals surface area contributed by atoms with Crippen molar-refractivity contribution in [3.05, 3.63) is 53.5 Å². The van der Waals surface area contributed by atoms with Crippen molar-refractivity contribution in [1.29, 1.82) is 0 Å². The maximum Gasteiger partial charge on any atom is 0.494 e. The van der Waals surface area contributed by atoms with Crippen LogP contribution in [0.15, 0.2) is 36.5 Å². The number of halogens is 4. The monoisotopic (exact) mass is 410 g/mol. The van der Waals surface area contributed by atoms with Crippen molar-refractivity contribution in [2.24, 2.45) is 0 Å². The summed E-state index contributed by atoms with van der Waals surface area (Å²) >= 11 is 0. The first-order valence-corrected chi connectivity index (χ1v) is 8.80. The molecule has 0 unspecified atom stereocenters. The molecule has 1 N–H and O–H groups in total. The fourth-order valence-electron chi connectivity index (χ4n) is 2.70. The van der Waals surface area contributed by atoms with E-state index in [9.17, 15) is 22.4 Å². The van der Waals surface area contributed by atoms with Crippen molar-refractivity contribution in [3.63, 3.8) is 0 Å². The quantitative estimate of drug-likeness (QED) is 0.618. The van der Waals surface area contributed by atoms with E-state index < -0.39 is 47.6 Å². The van der Waals surface area contributed by atoms with Gasteiger partial charge in [0.05, 0.1) is 16.8 Å². The van der Waals surface area contributed by atoms with Crippen LogP contribution in [0, 0.1) is 5.82 Å². The van der Waals surface area contributed by atoms with Crippen LogP contribution in [0.25, 0.3) is 0 Å². The summed E-state index contributed by atoms with van der Waals surface area (Å²) in [5, 5.41) is 2.07. The normalized spacial score (nSPS) is 18.0. The van der Waals surface area contributed by atoms with Crippen molar-refractivity contribution in [3.8, 4) is 0 Å². The van der Waals surface area contributed by atoms with Crippen molar-refractivity contribution in [2.75, 3.05) is 5.32 Å². The van der Waals surface area contributed by atoms with Crippen molar-refractivity contribution in [2.45, 2.75) is 45.1 Å². The largest absolute Gasteiger partial charge is 0.494 e. The number of carbonyl (C=O) groups is 1. The van der Waals surface area contributed by atoms with E-state index >= 15 is 0 Å². The van der Waals surface area contributed by atoms with Crippen LogP contribution in [0.2, 0.25) is 0 Å². The molecule has 29 heavy (non-hydrogen) atoms. The van der Waals surface area contributed by atoms with Gasteiger partial charge in [0.2, 0.25) is 0 Å². The molecule has 0 bridgehead atoms. The number of benzene rings is 1. The first kappa shape index (κ1) is 21.3. The summed E-state index contributed by atoms with van der Waals surface area (Å²) in [6.45, 7) is 7.63. The number of nitrogens with zero attached hydrogens (tertiary/aromatic N) is 1. The Morgan fingerprint density at radius 2 is 1.59 bits per heavy atom. The van der Waals surface area contributed by atoms with E-state index in [1.54, 1.807) is 12.1 Å². The number of anilines is 1. The molecule has 3 rings (SSSR count). The average molecular weight is 410 g/mol. The molecular weight excluding hydrogens is 391 g/mol. The molecule has 0 radical (unpaired) electrons. The molecule has 0 atom stereocenters. The molecule has 1 aliphatic rings. The van der Waals surface area contributed by atoms with Gasteiger partial charge in [-0.2, -0.15) is 13.2 Å². The number of hydrogen-bond acceptors (Lipinski definition) is 4. The topological polar surface area (TPSA) is 60.5 Å². The minimum Gasteiger partial charge on any atom is -0.399 e. The molecule has 154 valence electrons. The molecule has 1 aromatic heterocycles. The molecule has 10 heteroatoms. The van der Waals surface area contributed by atoms with Crippen LogP contribution in [0.5, 0.6) is 0 Å². The van der Waals surface area contributed by atoms with Crippen LogP contribution in [0.4, 0.5) is 23.4 Å². The Labute approximate surface area is 165 Å². The molecule has 0 spiro atoms. The summed E-state index contributed by atoms with van der Waals surface area (Å²) in [7, 11) is -0.625. The minimum absolute atomic E-state index is 0.115. The van der Waals surface area contributed by atoms with Gasteiger partial charge in [-0.1, -0.05) is 12.1 Å². The van der Waals surface area contributed by atoms with E-state index in [4.69, 9.17) is 9.31 Å². The second-order valence-electron chi connectivity index (χ2n) is 7.68. The Morgan fingerprint density at radius 3 is 2.10 bits per heavy atom. The summed E-state index contributed by atoms with van der Waals surface area (Å²) in [5.41, 5.74) is -1.77. The van der Waals surface area contributed by atoms with Gasteiger partial charge in [-0.15, -0.1) is 0 Å². The van der Waals surface area contributed by atoms with Gasteiger partial charge in [0.25, 0.3) is 5.91 Å². The van der Waals surface area contributed by atoms with Gasteiger partial charge in [-0.05, 0) is 51.4 Å². The van der Waals surface area contributed by atoms with E-state index in [1.807, 2.05) is 27.7 Å². The number of carbonyl (C=O) groups excluding carboxylic acids is 1. The Bertz CT molecular complexity index is 914. The highest BCUT2D eigenvalue weighted by atomic mass is 19.4. The number of alkyl halides is 3. The van der Waals surface area contributed by atoms with Crippen LogP contribution in [-0.4, -0.2) is 29.2 Å². The smallest absolute Gasteiger partial charge is 0.399 e. The second kappa shape index (κ2) is 7.10. The Kier molecular flexibility index (Phi) is 5.21. The number of amides is 1. The fourth-order valence-corrected chi connectivity index (χ4v) is 2.70. The van der Waals surface area contributed by atoms with Crippen LogP contribution in [0.3, 0.4) is 0 Å². The van der Waals surface area contributed by atoms with E-state index in [-0.39, 0.29) is 5.56 Å². The maximum atomic E-state index is 14.0. The van der Waals surface area contributed by atoms with Crippen LogP contribution < -0.4 is 10.8 Å². The standard InChI is InChI=1S/C19H19BF4N2O3/c1-17(2)18(3,4)29-20(28-17)12-7-5-11(6-8-12)16(27)26-15-14(21)13(9-10-25-15)19(22,23)24/h5-10H,1-4H3,(H,25,26,27). The summed E-state index contributed by atoms with van der Waals surface area (Å²) in [6.07, 6.45) is -4.11. The highest BCUT2D eigenvalue weighted by molar-refractivity contribution is 6.62. The number of rotatable bonds is 3. The zero-order valence-corrected chi connectivity index (χ0v) is 16.2. The lowest BCUT2D eigenvalue weighted by atomic mass is 9.79. The van der Waals surface area contributed by atoms with E-state index in [2.05, 4.69) is 10.3 Å². The van der Waals surface area contributed by atoms with Gasteiger partial charge in [-0.25, -0.2) is 9.37 Å². The predicted octanol–water partition coefficient (Wildman–Crippen LogP) is 3.79. The van der Waals surface area contributed by atoms with Crippen LogP contribution in [0.1, 0.15) is 43.6 Å². The van der Waals surface area contributed by atoms with Gasteiger partial charge in [0, 0.05) is 11.8 Å². The van der Waals surface area contributed by atoms with E-state index in [0.29, 0.717) is 11.5 Å². The zero-order chi connectivity index (χ0) is 21.6. The summed E-state index contributed by atoms with van der Waals surface area (Å²) in [4.78, 5) is 15.8. The summed E-state index contributed by atoms with van der Waals surface area (Å²) in [6, 6.07) is 6.60. The number of nitrogens with one attached hydrogen (secondary N) is 1. The molecule has 1 aromatic carbocycles. The molecule has 0 aliphatic carbocycles. The van der Waals surface area contributed by atoms with Crippen molar-refractivity contribution >= 4 is 24.3 Å². The second-order valence-corrected chi connectivity index (χ2v) is 7.68. The molecular formula is C19H19BF4N2O3. The summed E-state index contributed by atoms with van der Waals surface area (Å²) < 4.78 is 64.2. The Morgan fingerprint density at radius 1 is 1.03 bits per heavy atom. The Balaban J connectivity index is 1.76. The first-order chi connectivity index (χ1) is 13.3. The lowest BCUT2D eigenvalue weighted by Crippen LogP contribution is -2.41. The third kappa shape index (κ3) is 4.13. The molecule has 1 fully saturated rings. The molecule has 2 aromatic rings. The molecule has 1 saturated heterocycles. The van der Waals surface area contributed by atoms with Crippen LogP contribution in [-0.2, 0) is 15.5 Å². The van der Waals surface area contributed by atoms with Crippen molar-refractivity contribution < 1.29 is 31.7 Å². The lowest BCUT2D eigenvalue weighted by Gasteiger charge is -2.32. The van der Waals surface area contributed by atoms with Gasteiger partial charge in [0.15, 0.2) is 11.6 Å².